The minimum atomic E-state index is 0.130. The summed E-state index contributed by atoms with van der Waals surface area (Å²) in [6, 6.07) is 3.88. The Balaban J connectivity index is 2.19. The lowest BCUT2D eigenvalue weighted by atomic mass is 10.1. The van der Waals surface area contributed by atoms with Crippen LogP contribution in [0.1, 0.15) is 31.2 Å². The van der Waals surface area contributed by atoms with Crippen LogP contribution in [-0.2, 0) is 6.42 Å². The van der Waals surface area contributed by atoms with Crippen LogP contribution >= 0.6 is 15.9 Å². The van der Waals surface area contributed by atoms with Gasteiger partial charge < -0.3 is 14.6 Å². The van der Waals surface area contributed by atoms with Gasteiger partial charge in [-0.15, -0.1) is 0 Å². The van der Waals surface area contributed by atoms with Crippen molar-refractivity contribution in [2.75, 3.05) is 13.7 Å². The third-order valence-corrected chi connectivity index (χ3v) is 4.05. The Morgan fingerprint density at radius 2 is 2.00 bits per heavy atom. The molecule has 0 spiro atoms. The molecule has 1 fully saturated rings. The zero-order valence-corrected chi connectivity index (χ0v) is 12.2. The first-order chi connectivity index (χ1) is 8.74. The lowest BCUT2D eigenvalue weighted by Crippen LogP contribution is -2.11. The Morgan fingerprint density at radius 3 is 2.61 bits per heavy atom. The monoisotopic (exact) mass is 314 g/mol. The van der Waals surface area contributed by atoms with Crippen molar-refractivity contribution in [2.24, 2.45) is 0 Å². The molecule has 1 aromatic carbocycles. The van der Waals surface area contributed by atoms with Gasteiger partial charge in [-0.2, -0.15) is 0 Å². The Labute approximate surface area is 116 Å². The number of halogens is 1. The maximum Gasteiger partial charge on any atom is 0.162 e. The minimum absolute atomic E-state index is 0.130. The molecular weight excluding hydrogens is 296 g/mol. The van der Waals surface area contributed by atoms with E-state index in [1.54, 1.807) is 7.11 Å². The average Bonchev–Trinajstić information content (AvgIpc) is 2.85. The molecule has 1 N–H and O–H groups in total. The van der Waals surface area contributed by atoms with Crippen molar-refractivity contribution < 1.29 is 14.6 Å². The van der Waals surface area contributed by atoms with E-state index in [0.29, 0.717) is 12.5 Å². The Bertz CT molecular complexity index is 400. The van der Waals surface area contributed by atoms with Crippen LogP contribution in [0.25, 0.3) is 0 Å². The number of ether oxygens (including phenoxy) is 2. The molecule has 1 aliphatic rings. The van der Waals surface area contributed by atoms with E-state index >= 15 is 0 Å². The predicted molar refractivity (Wildman–Crippen MR) is 74.4 cm³/mol. The summed E-state index contributed by atoms with van der Waals surface area (Å²) in [5.74, 6) is 1.53. The topological polar surface area (TPSA) is 38.7 Å². The van der Waals surface area contributed by atoms with Gasteiger partial charge in [-0.25, -0.2) is 0 Å². The maximum atomic E-state index is 9.01. The van der Waals surface area contributed by atoms with E-state index < -0.39 is 0 Å². The molecule has 100 valence electrons. The molecule has 3 nitrogen and oxygen atoms in total. The molecule has 0 heterocycles. The molecule has 0 atom stereocenters. The standard InChI is InChI=1S/C14H19BrO3/c1-17-13-8-10(6-7-16)12(15)9-14(13)18-11-4-2-3-5-11/h8-9,11,16H,2-7H2,1H3. The van der Waals surface area contributed by atoms with Crippen LogP contribution in [0.5, 0.6) is 11.5 Å². The third kappa shape index (κ3) is 3.18. The molecule has 0 aromatic heterocycles. The molecule has 1 aliphatic carbocycles. The molecule has 0 bridgehead atoms. The fraction of sp³-hybridized carbons (Fsp3) is 0.571. The van der Waals surface area contributed by atoms with E-state index in [1.807, 2.05) is 12.1 Å². The lowest BCUT2D eigenvalue weighted by molar-refractivity contribution is 0.200. The van der Waals surface area contributed by atoms with E-state index in [4.69, 9.17) is 14.6 Å². The maximum absolute atomic E-state index is 9.01. The molecule has 1 saturated carbocycles. The van der Waals surface area contributed by atoms with Crippen molar-refractivity contribution in [2.45, 2.75) is 38.2 Å². The molecule has 0 unspecified atom stereocenters. The minimum Gasteiger partial charge on any atom is -0.493 e. The summed E-state index contributed by atoms with van der Waals surface area (Å²) < 4.78 is 12.3. The molecule has 0 amide bonds. The highest BCUT2D eigenvalue weighted by molar-refractivity contribution is 9.10. The number of aliphatic hydroxyl groups excluding tert-OH is 1. The van der Waals surface area contributed by atoms with Crippen molar-refractivity contribution in [1.82, 2.24) is 0 Å². The van der Waals surface area contributed by atoms with Crippen molar-refractivity contribution in [3.8, 4) is 11.5 Å². The number of rotatable bonds is 5. The first-order valence-corrected chi connectivity index (χ1v) is 7.18. The summed E-state index contributed by atoms with van der Waals surface area (Å²) in [6.45, 7) is 0.130. The summed E-state index contributed by atoms with van der Waals surface area (Å²) in [7, 11) is 1.65. The SMILES string of the molecule is COc1cc(CCO)c(Br)cc1OC1CCCC1. The second-order valence-electron chi connectivity index (χ2n) is 4.59. The Kier molecular flexibility index (Phi) is 4.89. The first-order valence-electron chi connectivity index (χ1n) is 6.38. The van der Waals surface area contributed by atoms with Crippen molar-refractivity contribution in [3.63, 3.8) is 0 Å². The van der Waals surface area contributed by atoms with Gasteiger partial charge in [-0.05, 0) is 49.8 Å². The molecule has 0 radical (unpaired) electrons. The molecule has 1 aromatic rings. The number of methoxy groups -OCH3 is 1. The summed E-state index contributed by atoms with van der Waals surface area (Å²) >= 11 is 3.51. The number of benzene rings is 1. The van der Waals surface area contributed by atoms with Crippen LogP contribution in [0.15, 0.2) is 16.6 Å². The van der Waals surface area contributed by atoms with Crippen LogP contribution in [-0.4, -0.2) is 24.9 Å². The lowest BCUT2D eigenvalue weighted by Gasteiger charge is -2.17. The molecule has 2 rings (SSSR count). The summed E-state index contributed by atoms with van der Waals surface area (Å²) in [5, 5.41) is 9.01. The van der Waals surface area contributed by atoms with Crippen LogP contribution < -0.4 is 9.47 Å². The van der Waals surface area contributed by atoms with Gasteiger partial charge in [-0.1, -0.05) is 15.9 Å². The van der Waals surface area contributed by atoms with E-state index in [2.05, 4.69) is 15.9 Å². The summed E-state index contributed by atoms with van der Waals surface area (Å²) in [6.07, 6.45) is 5.67. The Hall–Kier alpha value is -0.740. The van der Waals surface area contributed by atoms with Crippen LogP contribution in [0.3, 0.4) is 0 Å². The van der Waals surface area contributed by atoms with E-state index in [9.17, 15) is 0 Å². The van der Waals surface area contributed by atoms with E-state index in [1.165, 1.54) is 12.8 Å². The van der Waals surface area contributed by atoms with Crippen molar-refractivity contribution >= 4 is 15.9 Å². The number of hydrogen-bond acceptors (Lipinski definition) is 3. The van der Waals surface area contributed by atoms with Gasteiger partial charge in [0.2, 0.25) is 0 Å². The fourth-order valence-corrected chi connectivity index (χ4v) is 2.85. The summed E-state index contributed by atoms with van der Waals surface area (Å²) in [4.78, 5) is 0. The van der Waals surface area contributed by atoms with Crippen LogP contribution in [0.4, 0.5) is 0 Å². The van der Waals surface area contributed by atoms with Crippen LogP contribution in [0.2, 0.25) is 0 Å². The second-order valence-corrected chi connectivity index (χ2v) is 5.45. The van der Waals surface area contributed by atoms with Gasteiger partial charge in [0.25, 0.3) is 0 Å². The quantitative estimate of drug-likeness (QED) is 0.906. The highest BCUT2D eigenvalue weighted by Crippen LogP contribution is 2.36. The van der Waals surface area contributed by atoms with Gasteiger partial charge in [0.15, 0.2) is 11.5 Å². The van der Waals surface area contributed by atoms with Crippen LogP contribution in [0, 0.1) is 0 Å². The highest BCUT2D eigenvalue weighted by atomic mass is 79.9. The third-order valence-electron chi connectivity index (χ3n) is 3.31. The molecule has 4 heteroatoms. The number of hydrogen-bond donors (Lipinski definition) is 1. The second kappa shape index (κ2) is 6.43. The van der Waals surface area contributed by atoms with E-state index in [-0.39, 0.29) is 6.61 Å². The molecular formula is C14H19BrO3. The zero-order chi connectivity index (χ0) is 13.0. The van der Waals surface area contributed by atoms with Crippen molar-refractivity contribution in [1.29, 1.82) is 0 Å². The number of aliphatic hydroxyl groups is 1. The van der Waals surface area contributed by atoms with Gasteiger partial charge in [-0.3, -0.25) is 0 Å². The summed E-state index contributed by atoms with van der Waals surface area (Å²) in [5.41, 5.74) is 1.04. The molecule has 18 heavy (non-hydrogen) atoms. The largest absolute Gasteiger partial charge is 0.493 e. The van der Waals surface area contributed by atoms with Crippen molar-refractivity contribution in [3.05, 3.63) is 22.2 Å². The predicted octanol–water partition coefficient (Wildman–Crippen LogP) is 3.31. The van der Waals surface area contributed by atoms with Gasteiger partial charge in [0, 0.05) is 11.1 Å². The molecule has 0 saturated heterocycles. The van der Waals surface area contributed by atoms with Gasteiger partial charge >= 0.3 is 0 Å². The first kappa shape index (κ1) is 13.7. The highest BCUT2D eigenvalue weighted by Gasteiger charge is 2.19. The van der Waals surface area contributed by atoms with Gasteiger partial charge in [0.05, 0.1) is 13.2 Å². The average molecular weight is 315 g/mol. The fourth-order valence-electron chi connectivity index (χ4n) is 2.33. The molecule has 0 aliphatic heterocycles. The van der Waals surface area contributed by atoms with Gasteiger partial charge in [0.1, 0.15) is 0 Å². The van der Waals surface area contributed by atoms with E-state index in [0.717, 1.165) is 34.4 Å². The Morgan fingerprint density at radius 1 is 1.28 bits per heavy atom. The zero-order valence-electron chi connectivity index (χ0n) is 10.6. The smallest absolute Gasteiger partial charge is 0.162 e. The normalized spacial score (nSPS) is 15.9.